The van der Waals surface area contributed by atoms with Gasteiger partial charge in [-0.3, -0.25) is 4.79 Å². The molecule has 0 saturated carbocycles. The normalized spacial score (nSPS) is 14.7. The van der Waals surface area contributed by atoms with Gasteiger partial charge in [0.1, 0.15) is 0 Å². The summed E-state index contributed by atoms with van der Waals surface area (Å²) in [6.07, 6.45) is 1.60. The average molecular weight is 419 g/mol. The van der Waals surface area contributed by atoms with Crippen molar-refractivity contribution in [3.8, 4) is 5.82 Å². The molecular weight excluding hydrogens is 388 g/mol. The molecule has 1 fully saturated rings. The number of piperidine rings is 1. The smallest absolute Gasteiger partial charge is 0.227 e. The Kier molecular flexibility index (Phi) is 5.76. The van der Waals surface area contributed by atoms with E-state index in [-0.39, 0.29) is 11.8 Å². The number of hydrogen-bond donors (Lipinski definition) is 1. The molecule has 7 nitrogen and oxygen atoms in total. The van der Waals surface area contributed by atoms with Crippen LogP contribution in [-0.4, -0.2) is 39.0 Å². The summed E-state index contributed by atoms with van der Waals surface area (Å²) in [7, 11) is 0. The van der Waals surface area contributed by atoms with Crippen molar-refractivity contribution < 1.29 is 4.79 Å². The van der Waals surface area contributed by atoms with Crippen molar-refractivity contribution in [1.29, 1.82) is 0 Å². The lowest BCUT2D eigenvalue weighted by atomic mass is 9.95. The predicted molar refractivity (Wildman–Crippen MR) is 123 cm³/mol. The lowest BCUT2D eigenvalue weighted by molar-refractivity contribution is -0.120. The van der Waals surface area contributed by atoms with Crippen LogP contribution in [0, 0.1) is 40.5 Å². The average Bonchev–Trinajstić information content (AvgIpc) is 3.08. The standard InChI is InChI=1S/C24H30N6O/c1-15-12-16(2)23(17(3)13-15)25-24(31)20-8-10-29(11-9-20)21-6-7-22(27-26-21)30-19(5)14-18(4)28-30/h6-7,12-14,20H,8-11H2,1-5H3,(H,25,31). The summed E-state index contributed by atoms with van der Waals surface area (Å²) < 4.78 is 1.80. The first-order valence-corrected chi connectivity index (χ1v) is 10.8. The Balaban J connectivity index is 1.37. The zero-order chi connectivity index (χ0) is 22.1. The van der Waals surface area contributed by atoms with E-state index < -0.39 is 0 Å². The Bertz CT molecular complexity index is 1070. The molecular formula is C24H30N6O. The van der Waals surface area contributed by atoms with Crippen LogP contribution in [0.2, 0.25) is 0 Å². The van der Waals surface area contributed by atoms with Crippen LogP contribution in [0.4, 0.5) is 11.5 Å². The number of anilines is 2. The Morgan fingerprint density at radius 1 is 0.935 bits per heavy atom. The molecule has 1 aromatic carbocycles. The van der Waals surface area contributed by atoms with Gasteiger partial charge in [0.05, 0.1) is 5.69 Å². The molecule has 162 valence electrons. The van der Waals surface area contributed by atoms with E-state index in [4.69, 9.17) is 0 Å². The Morgan fingerprint density at radius 2 is 1.55 bits per heavy atom. The van der Waals surface area contributed by atoms with Gasteiger partial charge in [-0.15, -0.1) is 10.2 Å². The maximum atomic E-state index is 12.9. The molecule has 1 aliphatic rings. The van der Waals surface area contributed by atoms with Gasteiger partial charge in [0, 0.05) is 30.4 Å². The fourth-order valence-electron chi connectivity index (χ4n) is 4.43. The predicted octanol–water partition coefficient (Wildman–Crippen LogP) is 4.06. The van der Waals surface area contributed by atoms with Crippen molar-refractivity contribution in [1.82, 2.24) is 20.0 Å². The number of carbonyl (C=O) groups excluding carboxylic acids is 1. The Morgan fingerprint density at radius 3 is 2.10 bits per heavy atom. The minimum absolute atomic E-state index is 0.0123. The second kappa shape index (κ2) is 8.49. The molecule has 4 rings (SSSR count). The maximum absolute atomic E-state index is 12.9. The molecule has 3 aromatic rings. The molecule has 1 N–H and O–H groups in total. The highest BCUT2D eigenvalue weighted by Crippen LogP contribution is 2.26. The van der Waals surface area contributed by atoms with Gasteiger partial charge in [-0.05, 0) is 76.8 Å². The SMILES string of the molecule is Cc1cc(C)c(NC(=O)C2CCN(c3ccc(-n4nc(C)cc4C)nn3)CC2)c(C)c1. The van der Waals surface area contributed by atoms with E-state index in [1.807, 2.05) is 45.9 Å². The summed E-state index contributed by atoms with van der Waals surface area (Å²) in [6.45, 7) is 11.7. The lowest BCUT2D eigenvalue weighted by Gasteiger charge is -2.32. The van der Waals surface area contributed by atoms with Gasteiger partial charge in [0.2, 0.25) is 5.91 Å². The first-order chi connectivity index (χ1) is 14.8. The molecule has 0 bridgehead atoms. The van der Waals surface area contributed by atoms with Crippen molar-refractivity contribution in [2.24, 2.45) is 5.92 Å². The number of aromatic nitrogens is 4. The van der Waals surface area contributed by atoms with Crippen LogP contribution in [-0.2, 0) is 4.79 Å². The van der Waals surface area contributed by atoms with Crippen molar-refractivity contribution in [3.05, 3.63) is 58.4 Å². The van der Waals surface area contributed by atoms with Crippen LogP contribution in [0.25, 0.3) is 5.82 Å². The minimum atomic E-state index is 0.0123. The molecule has 0 unspecified atom stereocenters. The van der Waals surface area contributed by atoms with Crippen LogP contribution in [0.3, 0.4) is 0 Å². The molecule has 7 heteroatoms. The van der Waals surface area contributed by atoms with Crippen molar-refractivity contribution in [2.45, 2.75) is 47.5 Å². The molecule has 0 aliphatic carbocycles. The van der Waals surface area contributed by atoms with E-state index in [0.717, 1.165) is 60.0 Å². The Labute approximate surface area is 183 Å². The monoisotopic (exact) mass is 418 g/mol. The van der Waals surface area contributed by atoms with Crippen LogP contribution in [0.5, 0.6) is 0 Å². The molecule has 3 heterocycles. The highest BCUT2D eigenvalue weighted by molar-refractivity contribution is 5.94. The molecule has 0 radical (unpaired) electrons. The van der Waals surface area contributed by atoms with Gasteiger partial charge in [-0.1, -0.05) is 17.7 Å². The van der Waals surface area contributed by atoms with Crippen molar-refractivity contribution in [2.75, 3.05) is 23.3 Å². The number of aryl methyl sites for hydroxylation is 5. The maximum Gasteiger partial charge on any atom is 0.227 e. The van der Waals surface area contributed by atoms with E-state index in [1.54, 1.807) is 4.68 Å². The van der Waals surface area contributed by atoms with E-state index >= 15 is 0 Å². The molecule has 0 atom stereocenters. The van der Waals surface area contributed by atoms with Gasteiger partial charge in [0.15, 0.2) is 11.6 Å². The van der Waals surface area contributed by atoms with Gasteiger partial charge >= 0.3 is 0 Å². The molecule has 1 aliphatic heterocycles. The quantitative estimate of drug-likeness (QED) is 0.691. The van der Waals surface area contributed by atoms with Crippen LogP contribution >= 0.6 is 0 Å². The Hall–Kier alpha value is -3.22. The van der Waals surface area contributed by atoms with E-state index in [1.165, 1.54) is 5.56 Å². The van der Waals surface area contributed by atoms with Gasteiger partial charge in [-0.25, -0.2) is 4.68 Å². The summed E-state index contributed by atoms with van der Waals surface area (Å²) in [4.78, 5) is 15.1. The number of rotatable bonds is 4. The topological polar surface area (TPSA) is 75.9 Å². The van der Waals surface area contributed by atoms with Crippen molar-refractivity contribution >= 4 is 17.4 Å². The summed E-state index contributed by atoms with van der Waals surface area (Å²) >= 11 is 0. The molecule has 31 heavy (non-hydrogen) atoms. The third kappa shape index (κ3) is 4.45. The second-order valence-corrected chi connectivity index (χ2v) is 8.61. The van der Waals surface area contributed by atoms with Crippen LogP contribution in [0.15, 0.2) is 30.3 Å². The number of benzene rings is 1. The third-order valence-electron chi connectivity index (χ3n) is 5.98. The van der Waals surface area contributed by atoms with Gasteiger partial charge in [0.25, 0.3) is 0 Å². The largest absolute Gasteiger partial charge is 0.355 e. The highest BCUT2D eigenvalue weighted by Gasteiger charge is 2.26. The summed E-state index contributed by atoms with van der Waals surface area (Å²) in [5.74, 6) is 1.68. The molecule has 0 spiro atoms. The number of nitrogens with one attached hydrogen (secondary N) is 1. The summed E-state index contributed by atoms with van der Waals surface area (Å²) in [5, 5.41) is 16.4. The molecule has 1 amide bonds. The van der Waals surface area contributed by atoms with Gasteiger partial charge in [-0.2, -0.15) is 5.10 Å². The van der Waals surface area contributed by atoms with Crippen molar-refractivity contribution in [3.63, 3.8) is 0 Å². The summed E-state index contributed by atoms with van der Waals surface area (Å²) in [6, 6.07) is 10.2. The fourth-order valence-corrected chi connectivity index (χ4v) is 4.43. The number of nitrogens with zero attached hydrogens (tertiary/aromatic N) is 5. The molecule has 1 saturated heterocycles. The van der Waals surface area contributed by atoms with E-state index in [2.05, 4.69) is 44.6 Å². The summed E-state index contributed by atoms with van der Waals surface area (Å²) in [5.41, 5.74) is 6.38. The van der Waals surface area contributed by atoms with Crippen LogP contribution in [0.1, 0.15) is 40.9 Å². The second-order valence-electron chi connectivity index (χ2n) is 8.61. The first kappa shape index (κ1) is 21.0. The zero-order valence-corrected chi connectivity index (χ0v) is 18.9. The van der Waals surface area contributed by atoms with E-state index in [0.29, 0.717) is 5.82 Å². The molecule has 2 aromatic heterocycles. The third-order valence-corrected chi connectivity index (χ3v) is 5.98. The highest BCUT2D eigenvalue weighted by atomic mass is 16.1. The lowest BCUT2D eigenvalue weighted by Crippen LogP contribution is -2.38. The minimum Gasteiger partial charge on any atom is -0.355 e. The first-order valence-electron chi connectivity index (χ1n) is 10.8. The van der Waals surface area contributed by atoms with Gasteiger partial charge < -0.3 is 10.2 Å². The zero-order valence-electron chi connectivity index (χ0n) is 18.9. The number of hydrogen-bond acceptors (Lipinski definition) is 5. The van der Waals surface area contributed by atoms with E-state index in [9.17, 15) is 4.79 Å². The number of carbonyl (C=O) groups is 1. The van der Waals surface area contributed by atoms with Crippen LogP contribution < -0.4 is 10.2 Å². The fraction of sp³-hybridized carbons (Fsp3) is 0.417. The number of amides is 1.